The van der Waals surface area contributed by atoms with Gasteiger partial charge in [-0.1, -0.05) is 0 Å². The van der Waals surface area contributed by atoms with Crippen molar-refractivity contribution in [3.05, 3.63) is 28.2 Å². The summed E-state index contributed by atoms with van der Waals surface area (Å²) in [6.45, 7) is 1.08. The van der Waals surface area contributed by atoms with E-state index in [1.54, 1.807) is 12.1 Å². The van der Waals surface area contributed by atoms with Crippen LogP contribution in [0.25, 0.3) is 0 Å². The molecule has 1 aromatic carbocycles. The molecule has 0 heterocycles. The van der Waals surface area contributed by atoms with Gasteiger partial charge in [0.2, 0.25) is 0 Å². The van der Waals surface area contributed by atoms with Crippen molar-refractivity contribution >= 4 is 30.9 Å². The minimum atomic E-state index is -0.871. The SMILES string of the molecule is CC(=O)O.O=C(O)c1ccc[c]([Hg])c1Br. The van der Waals surface area contributed by atoms with Crippen molar-refractivity contribution in [3.63, 3.8) is 0 Å². The number of carboxylic acid groups (broad SMARTS) is 2. The zero-order chi connectivity index (χ0) is 12.0. The van der Waals surface area contributed by atoms with Gasteiger partial charge >= 0.3 is 89.2 Å². The van der Waals surface area contributed by atoms with Gasteiger partial charge < -0.3 is 5.11 Å². The average molecular weight is 461 g/mol. The average Bonchev–Trinajstić information content (AvgIpc) is 2.08. The molecule has 0 bridgehead atoms. The van der Waals surface area contributed by atoms with Crippen LogP contribution in [0.1, 0.15) is 17.3 Å². The Labute approximate surface area is 111 Å². The summed E-state index contributed by atoms with van der Waals surface area (Å²) in [6.07, 6.45) is 0. The molecule has 0 saturated carbocycles. The van der Waals surface area contributed by atoms with Crippen LogP contribution in [0, 0.1) is 0 Å². The quantitative estimate of drug-likeness (QED) is 0.622. The van der Waals surface area contributed by atoms with Crippen molar-refractivity contribution in [2.75, 3.05) is 0 Å². The molecule has 0 fully saturated rings. The molecule has 0 amide bonds. The van der Waals surface area contributed by atoms with E-state index in [9.17, 15) is 4.79 Å². The number of benzene rings is 1. The molecule has 0 aromatic heterocycles. The number of hydrogen-bond donors (Lipinski definition) is 2. The van der Waals surface area contributed by atoms with Crippen LogP contribution in [-0.4, -0.2) is 22.2 Å². The molecule has 0 saturated heterocycles. The molecule has 15 heavy (non-hydrogen) atoms. The van der Waals surface area contributed by atoms with E-state index in [2.05, 4.69) is 15.9 Å². The van der Waals surface area contributed by atoms with Crippen molar-refractivity contribution in [2.24, 2.45) is 0 Å². The molecule has 0 unspecified atom stereocenters. The standard InChI is InChI=1S/C7H4BrO2.C2H4O2.Hg/c8-6-4-2-1-3-5(6)7(9)10;1-2(3)4;/h1-3H,(H,9,10);1H3,(H,3,4);. The fourth-order valence-electron chi connectivity index (χ4n) is 0.745. The Bertz CT molecular complexity index is 374. The van der Waals surface area contributed by atoms with Crippen LogP contribution in [0.5, 0.6) is 0 Å². The van der Waals surface area contributed by atoms with Gasteiger partial charge in [-0.3, -0.25) is 4.79 Å². The number of carboxylic acids is 2. The molecule has 0 aliphatic heterocycles. The van der Waals surface area contributed by atoms with Gasteiger partial charge in [-0.15, -0.1) is 0 Å². The van der Waals surface area contributed by atoms with Gasteiger partial charge in [-0.25, -0.2) is 0 Å². The normalized spacial score (nSPS) is 8.80. The first-order chi connectivity index (χ1) is 6.86. The van der Waals surface area contributed by atoms with Gasteiger partial charge in [0.1, 0.15) is 0 Å². The third-order valence-corrected chi connectivity index (χ3v) is 6.55. The molecule has 0 aliphatic carbocycles. The fraction of sp³-hybridized carbons (Fsp3) is 0.111. The monoisotopic (exact) mass is 461 g/mol. The summed E-state index contributed by atoms with van der Waals surface area (Å²) in [5.74, 6) is -1.70. The van der Waals surface area contributed by atoms with E-state index in [-0.39, 0.29) is 0 Å². The molecule has 0 aliphatic rings. The maximum absolute atomic E-state index is 10.6. The molecule has 0 radical (unpaired) electrons. The summed E-state index contributed by atoms with van der Waals surface area (Å²) in [7, 11) is 0. The first kappa shape index (κ1) is 14.6. The van der Waals surface area contributed by atoms with E-state index in [4.69, 9.17) is 15.0 Å². The third kappa shape index (κ3) is 5.89. The Hall–Kier alpha value is -0.425. The summed E-state index contributed by atoms with van der Waals surface area (Å²) in [6, 6.07) is 5.32. The second-order valence-corrected chi connectivity index (χ2v) is 6.36. The molecule has 4 nitrogen and oxygen atoms in total. The van der Waals surface area contributed by atoms with Crippen LogP contribution in [-0.2, 0) is 30.9 Å². The zero-order valence-corrected chi connectivity index (χ0v) is 15.1. The molecule has 2 N–H and O–H groups in total. The molecular formula is C9H8BrHgO4. The van der Waals surface area contributed by atoms with E-state index in [1.807, 2.05) is 6.07 Å². The molecule has 0 spiro atoms. The molecule has 0 atom stereocenters. The Morgan fingerprint density at radius 1 is 1.33 bits per heavy atom. The number of aromatic carboxylic acids is 1. The molecule has 77 valence electrons. The van der Waals surface area contributed by atoms with Gasteiger partial charge in [0.15, 0.2) is 0 Å². The zero-order valence-electron chi connectivity index (χ0n) is 8.03. The third-order valence-electron chi connectivity index (χ3n) is 1.31. The van der Waals surface area contributed by atoms with E-state index in [0.29, 0.717) is 31.7 Å². The molecular weight excluding hydrogens is 453 g/mol. The number of halogens is 1. The summed E-state index contributed by atoms with van der Waals surface area (Å²) in [5.41, 5.74) is 0.359. The first-order valence-electron chi connectivity index (χ1n) is 3.89. The molecule has 1 aromatic rings. The summed E-state index contributed by atoms with van der Waals surface area (Å²) in [4.78, 5) is 19.6. The number of hydrogen-bond acceptors (Lipinski definition) is 2. The van der Waals surface area contributed by atoms with Gasteiger partial charge in [-0.2, -0.15) is 0 Å². The van der Waals surface area contributed by atoms with Crippen molar-refractivity contribution < 1.29 is 45.9 Å². The van der Waals surface area contributed by atoms with E-state index in [0.717, 1.165) is 14.5 Å². The van der Waals surface area contributed by atoms with Gasteiger partial charge in [-0.05, 0) is 0 Å². The molecule has 6 heteroatoms. The van der Waals surface area contributed by atoms with Crippen molar-refractivity contribution in [1.82, 2.24) is 0 Å². The van der Waals surface area contributed by atoms with Crippen molar-refractivity contribution in [1.29, 1.82) is 0 Å². The second kappa shape index (κ2) is 6.95. The number of aliphatic carboxylic acids is 1. The van der Waals surface area contributed by atoms with E-state index in [1.165, 1.54) is 0 Å². The van der Waals surface area contributed by atoms with Crippen LogP contribution in [0.3, 0.4) is 0 Å². The fourth-order valence-corrected chi connectivity index (χ4v) is 2.45. The second-order valence-electron chi connectivity index (χ2n) is 2.60. The summed E-state index contributed by atoms with van der Waals surface area (Å²) >= 11 is 3.71. The van der Waals surface area contributed by atoms with Gasteiger partial charge in [0, 0.05) is 6.92 Å². The van der Waals surface area contributed by atoms with Crippen LogP contribution >= 0.6 is 15.9 Å². The predicted octanol–water partition coefficient (Wildman–Crippen LogP) is 1.41. The van der Waals surface area contributed by atoms with Crippen LogP contribution in [0.2, 0.25) is 0 Å². The first-order valence-corrected chi connectivity index (χ1v) is 7.43. The summed E-state index contributed by atoms with van der Waals surface area (Å²) < 4.78 is 1.88. The minimum absolute atomic E-state index is 0.359. The van der Waals surface area contributed by atoms with Crippen molar-refractivity contribution in [2.45, 2.75) is 6.92 Å². The van der Waals surface area contributed by atoms with E-state index >= 15 is 0 Å². The van der Waals surface area contributed by atoms with E-state index < -0.39 is 11.9 Å². The topological polar surface area (TPSA) is 74.6 Å². The Morgan fingerprint density at radius 3 is 2.13 bits per heavy atom. The van der Waals surface area contributed by atoms with Crippen LogP contribution < -0.4 is 3.07 Å². The van der Waals surface area contributed by atoms with Gasteiger partial charge in [0.25, 0.3) is 5.97 Å². The summed E-state index contributed by atoms with van der Waals surface area (Å²) in [5, 5.41) is 16.1. The number of carbonyl (C=O) groups is 2. The Morgan fingerprint density at radius 2 is 1.80 bits per heavy atom. The maximum atomic E-state index is 10.6. The predicted molar refractivity (Wildman–Crippen MR) is 54.0 cm³/mol. The van der Waals surface area contributed by atoms with Gasteiger partial charge in [0.05, 0.1) is 0 Å². The Balaban J connectivity index is 0.000000423. The molecule has 1 rings (SSSR count). The van der Waals surface area contributed by atoms with Crippen LogP contribution in [0.15, 0.2) is 22.7 Å². The van der Waals surface area contributed by atoms with Crippen LogP contribution in [0.4, 0.5) is 0 Å². The number of rotatable bonds is 1. The Kier molecular flexibility index (Phi) is 6.75. The van der Waals surface area contributed by atoms with Crippen molar-refractivity contribution in [3.8, 4) is 0 Å².